The summed E-state index contributed by atoms with van der Waals surface area (Å²) in [7, 11) is 1.42. The van der Waals surface area contributed by atoms with Crippen LogP contribution in [0, 0.1) is 5.92 Å². The lowest BCUT2D eigenvalue weighted by atomic mass is 10.2. The molecule has 0 spiro atoms. The first-order valence-corrected chi connectivity index (χ1v) is 11.0. The van der Waals surface area contributed by atoms with Crippen molar-refractivity contribution in [2.45, 2.75) is 20.4 Å². The van der Waals surface area contributed by atoms with Crippen molar-refractivity contribution in [1.82, 2.24) is 9.55 Å². The number of nitrogens with two attached hydrogens (primary N) is 1. The maximum Gasteiger partial charge on any atom is 0.342 e. The largest absolute Gasteiger partial charge is 0.496 e. The average Bonchev–Trinajstić information content (AvgIpc) is 2.84. The van der Waals surface area contributed by atoms with Crippen molar-refractivity contribution in [2.75, 3.05) is 30.9 Å². The first-order valence-electron chi connectivity index (χ1n) is 11.0. The lowest BCUT2D eigenvalue weighted by molar-refractivity contribution is -0.121. The Morgan fingerprint density at radius 1 is 1.06 bits per heavy atom. The number of para-hydroxylation sites is 1. The number of ether oxygens (including phenoxy) is 2. The van der Waals surface area contributed by atoms with Crippen LogP contribution < -0.4 is 26.6 Å². The van der Waals surface area contributed by atoms with Gasteiger partial charge in [0.1, 0.15) is 17.1 Å². The smallest absolute Gasteiger partial charge is 0.342 e. The van der Waals surface area contributed by atoms with E-state index in [-0.39, 0.29) is 36.1 Å². The number of hydrogen-bond acceptors (Lipinski definition) is 7. The number of H-pyrrole nitrogens is 1. The molecule has 35 heavy (non-hydrogen) atoms. The molecule has 1 amide bonds. The minimum absolute atomic E-state index is 0.0582. The number of esters is 1. The second-order valence-corrected chi connectivity index (χ2v) is 8.24. The number of hydrogen-bond donors (Lipinski definition) is 2. The molecule has 3 rings (SSSR count). The summed E-state index contributed by atoms with van der Waals surface area (Å²) in [5.41, 5.74) is 5.53. The number of rotatable bonds is 9. The molecule has 3 aromatic rings. The van der Waals surface area contributed by atoms with Crippen molar-refractivity contribution in [1.29, 1.82) is 0 Å². The van der Waals surface area contributed by atoms with E-state index in [4.69, 9.17) is 15.2 Å². The van der Waals surface area contributed by atoms with Crippen LogP contribution >= 0.6 is 0 Å². The quantitative estimate of drug-likeness (QED) is 0.447. The number of carbonyl (C=O) groups is 2. The van der Waals surface area contributed by atoms with Gasteiger partial charge in [-0.3, -0.25) is 19.1 Å². The second-order valence-electron chi connectivity index (χ2n) is 8.24. The number of aromatic amines is 1. The molecule has 0 aliphatic heterocycles. The van der Waals surface area contributed by atoms with Crippen LogP contribution in [0.3, 0.4) is 0 Å². The van der Waals surface area contributed by atoms with E-state index in [0.717, 1.165) is 10.5 Å². The van der Waals surface area contributed by atoms with Gasteiger partial charge in [0, 0.05) is 6.54 Å². The van der Waals surface area contributed by atoms with E-state index in [9.17, 15) is 19.2 Å². The van der Waals surface area contributed by atoms with Gasteiger partial charge in [0.05, 0.1) is 13.7 Å². The van der Waals surface area contributed by atoms with E-state index in [0.29, 0.717) is 5.75 Å². The van der Waals surface area contributed by atoms with Crippen molar-refractivity contribution in [2.24, 2.45) is 5.92 Å². The van der Waals surface area contributed by atoms with Crippen LogP contribution in [0.25, 0.3) is 0 Å². The maximum atomic E-state index is 13.2. The Balaban J connectivity index is 1.92. The summed E-state index contributed by atoms with van der Waals surface area (Å²) in [6.07, 6.45) is 0. The minimum Gasteiger partial charge on any atom is -0.496 e. The van der Waals surface area contributed by atoms with Gasteiger partial charge in [-0.05, 0) is 23.6 Å². The van der Waals surface area contributed by atoms with Crippen LogP contribution in [0.5, 0.6) is 5.75 Å². The van der Waals surface area contributed by atoms with Gasteiger partial charge >= 0.3 is 11.7 Å². The summed E-state index contributed by atoms with van der Waals surface area (Å²) >= 11 is 0. The predicted molar refractivity (Wildman–Crippen MR) is 132 cm³/mol. The number of nitrogens with zero attached hydrogens (tertiary/aromatic N) is 2. The van der Waals surface area contributed by atoms with Gasteiger partial charge in [-0.25, -0.2) is 9.59 Å². The molecule has 0 bridgehead atoms. The first-order chi connectivity index (χ1) is 16.7. The lowest BCUT2D eigenvalue weighted by Gasteiger charge is -2.26. The van der Waals surface area contributed by atoms with E-state index in [2.05, 4.69) is 4.98 Å². The van der Waals surface area contributed by atoms with Crippen molar-refractivity contribution in [3.05, 3.63) is 86.6 Å². The van der Waals surface area contributed by atoms with E-state index in [1.807, 2.05) is 44.2 Å². The number of anilines is 2. The van der Waals surface area contributed by atoms with Crippen molar-refractivity contribution in [3.63, 3.8) is 0 Å². The van der Waals surface area contributed by atoms with E-state index in [1.54, 1.807) is 18.2 Å². The SMILES string of the molecule is COc1ccccc1C(=O)OCC(=O)N(CC(C)C)c1c(N)n(Cc2ccccc2)c(=O)[nH]c1=O. The topological polar surface area (TPSA) is 137 Å². The third kappa shape index (κ3) is 5.97. The highest BCUT2D eigenvalue weighted by Crippen LogP contribution is 2.21. The van der Waals surface area contributed by atoms with Gasteiger partial charge < -0.3 is 20.1 Å². The van der Waals surface area contributed by atoms with Crippen molar-refractivity contribution >= 4 is 23.4 Å². The predicted octanol–water partition coefficient (Wildman–Crippen LogP) is 2.02. The highest BCUT2D eigenvalue weighted by atomic mass is 16.5. The molecule has 10 heteroatoms. The molecular formula is C25H28N4O6. The molecule has 10 nitrogen and oxygen atoms in total. The molecular weight excluding hydrogens is 452 g/mol. The molecule has 3 N–H and O–H groups in total. The Morgan fingerprint density at radius 3 is 2.37 bits per heavy atom. The Morgan fingerprint density at radius 2 is 1.71 bits per heavy atom. The van der Waals surface area contributed by atoms with Gasteiger partial charge in [-0.15, -0.1) is 0 Å². The summed E-state index contributed by atoms with van der Waals surface area (Å²) in [6.45, 7) is 3.28. The van der Waals surface area contributed by atoms with Crippen LogP contribution in [0.1, 0.15) is 29.8 Å². The van der Waals surface area contributed by atoms with Crippen LogP contribution in [0.4, 0.5) is 11.5 Å². The number of aromatic nitrogens is 2. The van der Waals surface area contributed by atoms with Gasteiger partial charge in [-0.1, -0.05) is 56.3 Å². The first kappa shape index (κ1) is 25.3. The lowest BCUT2D eigenvalue weighted by Crippen LogP contribution is -2.44. The molecule has 0 aliphatic carbocycles. The zero-order valence-electron chi connectivity index (χ0n) is 19.8. The van der Waals surface area contributed by atoms with Gasteiger partial charge in [0.2, 0.25) is 0 Å². The Kier molecular flexibility index (Phi) is 8.08. The maximum absolute atomic E-state index is 13.2. The van der Waals surface area contributed by atoms with Crippen molar-refractivity contribution < 1.29 is 19.1 Å². The highest BCUT2D eigenvalue weighted by molar-refractivity contribution is 5.99. The van der Waals surface area contributed by atoms with Crippen LogP contribution in [0.2, 0.25) is 0 Å². The average molecular weight is 481 g/mol. The summed E-state index contributed by atoms with van der Waals surface area (Å²) in [5.74, 6) is -1.33. The van der Waals surface area contributed by atoms with Crippen molar-refractivity contribution in [3.8, 4) is 5.75 Å². The normalized spacial score (nSPS) is 10.7. The number of nitrogens with one attached hydrogen (secondary N) is 1. The third-order valence-corrected chi connectivity index (χ3v) is 5.17. The summed E-state index contributed by atoms with van der Waals surface area (Å²) in [5, 5.41) is 0. The summed E-state index contributed by atoms with van der Waals surface area (Å²) < 4.78 is 11.6. The zero-order valence-corrected chi connectivity index (χ0v) is 19.8. The standard InChI is InChI=1S/C25H28N4O6/c1-16(2)13-28(20(30)15-35-24(32)18-11-7-8-12-19(18)34-3)21-22(26)29(25(33)27-23(21)31)14-17-9-5-4-6-10-17/h4-12,16H,13-15,26H2,1-3H3,(H,27,31,33). The van der Waals surface area contributed by atoms with Crippen LogP contribution in [-0.2, 0) is 16.1 Å². The number of methoxy groups -OCH3 is 1. The number of amides is 1. The molecule has 2 aromatic carbocycles. The Labute approximate surface area is 201 Å². The van der Waals surface area contributed by atoms with E-state index < -0.39 is 29.7 Å². The molecule has 184 valence electrons. The van der Waals surface area contributed by atoms with E-state index >= 15 is 0 Å². The monoisotopic (exact) mass is 480 g/mol. The molecule has 0 fully saturated rings. The van der Waals surface area contributed by atoms with Gasteiger partial charge in [0.15, 0.2) is 12.3 Å². The fourth-order valence-electron chi connectivity index (χ4n) is 3.54. The van der Waals surface area contributed by atoms with Crippen LogP contribution in [-0.4, -0.2) is 41.7 Å². The minimum atomic E-state index is -0.804. The molecule has 0 saturated carbocycles. The number of nitrogen functional groups attached to an aromatic ring is 1. The zero-order chi connectivity index (χ0) is 25.5. The molecule has 1 heterocycles. The number of carbonyl (C=O) groups excluding carboxylic acids is 2. The number of benzene rings is 2. The van der Waals surface area contributed by atoms with Crippen LogP contribution in [0.15, 0.2) is 64.2 Å². The molecule has 0 saturated heterocycles. The molecule has 1 aromatic heterocycles. The Bertz CT molecular complexity index is 1310. The van der Waals surface area contributed by atoms with Gasteiger partial charge in [0.25, 0.3) is 11.5 Å². The highest BCUT2D eigenvalue weighted by Gasteiger charge is 2.26. The molecule has 0 radical (unpaired) electrons. The van der Waals surface area contributed by atoms with Gasteiger partial charge in [-0.2, -0.15) is 0 Å². The molecule has 0 atom stereocenters. The van der Waals surface area contributed by atoms with E-state index in [1.165, 1.54) is 17.7 Å². The third-order valence-electron chi connectivity index (χ3n) is 5.17. The fraction of sp³-hybridized carbons (Fsp3) is 0.280. The fourth-order valence-corrected chi connectivity index (χ4v) is 3.54. The molecule has 0 unspecified atom stereocenters. The second kappa shape index (κ2) is 11.2. The summed E-state index contributed by atoms with van der Waals surface area (Å²) in [4.78, 5) is 54.3. The summed E-state index contributed by atoms with van der Waals surface area (Å²) in [6, 6.07) is 15.5. The molecule has 0 aliphatic rings. The Hall–Kier alpha value is -4.34.